The molecule has 0 fully saturated rings. The van der Waals surface area contributed by atoms with Crippen LogP contribution in [0.2, 0.25) is 0 Å². The van der Waals surface area contributed by atoms with Gasteiger partial charge in [0.05, 0.1) is 0 Å². The van der Waals surface area contributed by atoms with Crippen molar-refractivity contribution in [2.24, 2.45) is 0 Å². The van der Waals surface area contributed by atoms with E-state index in [1.54, 1.807) is 0 Å². The van der Waals surface area contributed by atoms with Crippen molar-refractivity contribution in [3.63, 3.8) is 0 Å². The fourth-order valence-corrected chi connectivity index (χ4v) is 1.82. The van der Waals surface area contributed by atoms with Gasteiger partial charge in [0.25, 0.3) is 0 Å². The van der Waals surface area contributed by atoms with Crippen molar-refractivity contribution in [1.82, 2.24) is 0 Å². The Morgan fingerprint density at radius 2 is 1.73 bits per heavy atom. The third-order valence-electron chi connectivity index (χ3n) is 3.09. The first-order valence-corrected chi connectivity index (χ1v) is 5.44. The minimum Gasteiger partial charge on any atom is -0.0731 e. The van der Waals surface area contributed by atoms with Gasteiger partial charge in [-0.25, -0.2) is 0 Å². The normalized spacial score (nSPS) is 25.9. The highest BCUT2D eigenvalue weighted by Crippen LogP contribution is 2.28. The summed E-state index contributed by atoms with van der Waals surface area (Å²) in [6.45, 7) is 6.52. The summed E-state index contributed by atoms with van der Waals surface area (Å²) in [4.78, 5) is 0. The molecule has 0 N–H and O–H groups in total. The summed E-state index contributed by atoms with van der Waals surface area (Å²) in [7, 11) is 0. The van der Waals surface area contributed by atoms with Gasteiger partial charge in [-0.3, -0.25) is 0 Å². The van der Waals surface area contributed by atoms with Gasteiger partial charge < -0.3 is 0 Å². The second-order valence-electron chi connectivity index (χ2n) is 4.36. The molecule has 0 saturated carbocycles. The molecule has 2 aliphatic carbocycles. The standard InChI is InChI=1S/C15H17/c1-11-4-7-14(8-5-11)15-9-6-12(2)13(3)10-15/h4-9H,10H2,1-3H3. The van der Waals surface area contributed by atoms with Crippen LogP contribution >= 0.6 is 0 Å². The minimum atomic E-state index is 1.09. The fourth-order valence-electron chi connectivity index (χ4n) is 1.82. The summed E-state index contributed by atoms with van der Waals surface area (Å²) in [5.41, 5.74) is 6.99. The largest absolute Gasteiger partial charge is 0.0731 e. The molecule has 0 amide bonds. The summed E-state index contributed by atoms with van der Waals surface area (Å²) in [6.07, 6.45) is 14.3. The van der Waals surface area contributed by atoms with Crippen molar-refractivity contribution in [3.05, 3.63) is 64.7 Å². The molecular formula is C15H17. The van der Waals surface area contributed by atoms with Crippen LogP contribution in [0.25, 0.3) is 0 Å². The van der Waals surface area contributed by atoms with Gasteiger partial charge in [0.15, 0.2) is 0 Å². The first-order chi connectivity index (χ1) is 7.16. The number of allylic oxidation sites excluding steroid dienone is 10. The van der Waals surface area contributed by atoms with Crippen LogP contribution in [0.1, 0.15) is 27.2 Å². The van der Waals surface area contributed by atoms with E-state index in [0.717, 1.165) is 6.42 Å². The average Bonchev–Trinajstić information content (AvgIpc) is 2.23. The molecule has 2 rings (SSSR count). The van der Waals surface area contributed by atoms with Crippen LogP contribution in [0, 0.1) is 6.42 Å². The molecule has 0 heteroatoms. The maximum absolute atomic E-state index is 2.24. The molecule has 0 atom stereocenters. The number of rotatable bonds is 0. The molecule has 77 valence electrons. The third kappa shape index (κ3) is 2.20. The van der Waals surface area contributed by atoms with E-state index in [0.29, 0.717) is 0 Å². The van der Waals surface area contributed by atoms with Crippen LogP contribution in [0.15, 0.2) is 58.2 Å². The van der Waals surface area contributed by atoms with Gasteiger partial charge in [0.2, 0.25) is 0 Å². The molecule has 0 aliphatic heterocycles. The maximum Gasteiger partial charge on any atom is 0.0130 e. The first kappa shape index (κ1) is 10.2. The second-order valence-corrected chi connectivity index (χ2v) is 4.36. The van der Waals surface area contributed by atoms with Crippen molar-refractivity contribution in [2.75, 3.05) is 0 Å². The van der Waals surface area contributed by atoms with Gasteiger partial charge >= 0.3 is 0 Å². The van der Waals surface area contributed by atoms with Crippen molar-refractivity contribution in [1.29, 1.82) is 0 Å². The van der Waals surface area contributed by atoms with Crippen LogP contribution in [0.4, 0.5) is 0 Å². The number of hydrogen-bond acceptors (Lipinski definition) is 0. The topological polar surface area (TPSA) is 0 Å². The van der Waals surface area contributed by atoms with Crippen molar-refractivity contribution in [2.45, 2.75) is 27.2 Å². The molecule has 2 aliphatic rings. The summed E-state index contributed by atoms with van der Waals surface area (Å²) < 4.78 is 0. The van der Waals surface area contributed by atoms with E-state index < -0.39 is 0 Å². The molecule has 0 aromatic carbocycles. The highest BCUT2D eigenvalue weighted by Gasteiger charge is 2.09. The molecule has 0 spiro atoms. The SMILES string of the molecule is CC1=C[CH]/C(=C2/C=CC(C)=C(C)C2)C=C1. The van der Waals surface area contributed by atoms with Crippen LogP contribution < -0.4 is 0 Å². The lowest BCUT2D eigenvalue weighted by Gasteiger charge is -2.16. The van der Waals surface area contributed by atoms with Crippen LogP contribution in [0.3, 0.4) is 0 Å². The van der Waals surface area contributed by atoms with Gasteiger partial charge in [-0.1, -0.05) is 47.1 Å². The average molecular weight is 197 g/mol. The van der Waals surface area contributed by atoms with Crippen molar-refractivity contribution < 1.29 is 0 Å². The monoisotopic (exact) mass is 197 g/mol. The van der Waals surface area contributed by atoms with Crippen LogP contribution in [-0.4, -0.2) is 0 Å². The maximum atomic E-state index is 2.24. The Balaban J connectivity index is 2.25. The molecular weight excluding hydrogens is 180 g/mol. The lowest BCUT2D eigenvalue weighted by molar-refractivity contribution is 1.07. The predicted octanol–water partition coefficient (Wildman–Crippen LogP) is 4.30. The highest BCUT2D eigenvalue weighted by molar-refractivity contribution is 5.51. The molecule has 0 bridgehead atoms. The van der Waals surface area contributed by atoms with Gasteiger partial charge in [-0.05, 0) is 38.3 Å². The Kier molecular flexibility index (Phi) is 2.77. The van der Waals surface area contributed by atoms with Crippen LogP contribution in [0.5, 0.6) is 0 Å². The summed E-state index contributed by atoms with van der Waals surface area (Å²) in [6, 6.07) is 0. The second kappa shape index (κ2) is 4.06. The lowest BCUT2D eigenvalue weighted by atomic mass is 9.89. The molecule has 0 aromatic heterocycles. The third-order valence-corrected chi connectivity index (χ3v) is 3.09. The molecule has 0 unspecified atom stereocenters. The van der Waals surface area contributed by atoms with E-state index in [1.165, 1.54) is 27.9 Å². The van der Waals surface area contributed by atoms with E-state index in [1.807, 2.05) is 0 Å². The summed E-state index contributed by atoms with van der Waals surface area (Å²) in [5.74, 6) is 0. The smallest absolute Gasteiger partial charge is 0.0130 e. The molecule has 15 heavy (non-hydrogen) atoms. The first-order valence-electron chi connectivity index (χ1n) is 5.44. The predicted molar refractivity (Wildman–Crippen MR) is 66.4 cm³/mol. The Morgan fingerprint density at radius 3 is 2.33 bits per heavy atom. The Morgan fingerprint density at radius 1 is 0.933 bits per heavy atom. The molecule has 0 saturated heterocycles. The Labute approximate surface area is 92.4 Å². The van der Waals surface area contributed by atoms with Gasteiger partial charge in [0.1, 0.15) is 0 Å². The highest BCUT2D eigenvalue weighted by atomic mass is 14.1. The lowest BCUT2D eigenvalue weighted by Crippen LogP contribution is -1.97. The molecule has 0 heterocycles. The van der Waals surface area contributed by atoms with E-state index in [2.05, 4.69) is 57.6 Å². The van der Waals surface area contributed by atoms with Gasteiger partial charge in [0, 0.05) is 6.42 Å². The zero-order valence-electron chi connectivity index (χ0n) is 9.67. The van der Waals surface area contributed by atoms with Gasteiger partial charge in [-0.2, -0.15) is 0 Å². The Hall–Kier alpha value is -1.30. The molecule has 0 aromatic rings. The Bertz CT molecular complexity index is 423. The van der Waals surface area contributed by atoms with Gasteiger partial charge in [-0.15, -0.1) is 0 Å². The van der Waals surface area contributed by atoms with E-state index in [4.69, 9.17) is 0 Å². The minimum absolute atomic E-state index is 1.09. The zero-order chi connectivity index (χ0) is 10.8. The number of hydrogen-bond donors (Lipinski definition) is 0. The van der Waals surface area contributed by atoms with Crippen molar-refractivity contribution in [3.8, 4) is 0 Å². The van der Waals surface area contributed by atoms with E-state index in [9.17, 15) is 0 Å². The fraction of sp³-hybridized carbons (Fsp3) is 0.267. The quantitative estimate of drug-likeness (QED) is 0.543. The van der Waals surface area contributed by atoms with E-state index in [-0.39, 0.29) is 0 Å². The summed E-state index contributed by atoms with van der Waals surface area (Å²) >= 11 is 0. The molecule has 1 radical (unpaired) electrons. The molecule has 0 nitrogen and oxygen atoms in total. The van der Waals surface area contributed by atoms with E-state index >= 15 is 0 Å². The van der Waals surface area contributed by atoms with Crippen LogP contribution in [-0.2, 0) is 0 Å². The van der Waals surface area contributed by atoms with Crippen molar-refractivity contribution >= 4 is 0 Å². The summed E-state index contributed by atoms with van der Waals surface area (Å²) in [5, 5.41) is 0. The zero-order valence-corrected chi connectivity index (χ0v) is 9.67.